The third kappa shape index (κ3) is 2.07. The second kappa shape index (κ2) is 3.63. The zero-order valence-electron chi connectivity index (χ0n) is 8.02. The molecule has 1 aromatic rings. The smallest absolute Gasteiger partial charge is 0.271 e. The minimum atomic E-state index is -2.89. The van der Waals surface area contributed by atoms with Crippen LogP contribution >= 0.6 is 15.9 Å². The van der Waals surface area contributed by atoms with Crippen molar-refractivity contribution in [3.8, 4) is 11.5 Å². The molecule has 82 valence electrons. The Morgan fingerprint density at radius 3 is 2.27 bits per heavy atom. The van der Waals surface area contributed by atoms with Gasteiger partial charge in [-0.1, -0.05) is 15.9 Å². The topological polar surface area (TPSA) is 18.5 Å². The highest BCUT2D eigenvalue weighted by molar-refractivity contribution is 9.10. The maximum absolute atomic E-state index is 13.2. The molecule has 0 saturated heterocycles. The van der Waals surface area contributed by atoms with Crippen molar-refractivity contribution in [1.29, 1.82) is 0 Å². The molecule has 0 amide bonds. The van der Waals surface area contributed by atoms with Crippen molar-refractivity contribution in [1.82, 2.24) is 0 Å². The van der Waals surface area contributed by atoms with E-state index in [0.29, 0.717) is 29.2 Å². The summed E-state index contributed by atoms with van der Waals surface area (Å²) in [6.07, 6.45) is 0. The summed E-state index contributed by atoms with van der Waals surface area (Å²) in [4.78, 5) is 0. The predicted molar refractivity (Wildman–Crippen MR) is 54.7 cm³/mol. The van der Waals surface area contributed by atoms with Gasteiger partial charge in [-0.05, 0) is 12.1 Å². The quantitative estimate of drug-likeness (QED) is 0.785. The van der Waals surface area contributed by atoms with E-state index in [-0.39, 0.29) is 5.56 Å². The van der Waals surface area contributed by atoms with Gasteiger partial charge in [0.1, 0.15) is 13.2 Å². The number of halogens is 3. The van der Waals surface area contributed by atoms with Gasteiger partial charge in [-0.2, -0.15) is 0 Å². The molecule has 0 bridgehead atoms. The van der Waals surface area contributed by atoms with Crippen LogP contribution in [0, 0.1) is 0 Å². The van der Waals surface area contributed by atoms with Gasteiger partial charge in [0.2, 0.25) is 0 Å². The standard InChI is InChI=1S/C10H9BrF2O2/c1-10(12,13)6-4-8-9(5-7(6)11)15-3-2-14-8/h4-5H,2-3H2,1H3. The number of hydrogen-bond acceptors (Lipinski definition) is 2. The normalized spacial score (nSPS) is 15.2. The molecule has 1 heterocycles. The molecular formula is C10H9BrF2O2. The molecule has 0 N–H and O–H groups in total. The van der Waals surface area contributed by atoms with Gasteiger partial charge in [0, 0.05) is 17.0 Å². The highest BCUT2D eigenvalue weighted by Gasteiger charge is 2.29. The lowest BCUT2D eigenvalue weighted by atomic mass is 10.1. The minimum Gasteiger partial charge on any atom is -0.486 e. The SMILES string of the molecule is CC(F)(F)c1cc2c(cc1Br)OCCO2. The molecule has 0 aromatic heterocycles. The van der Waals surface area contributed by atoms with Crippen LogP contribution in [0.2, 0.25) is 0 Å². The molecule has 0 fully saturated rings. The maximum atomic E-state index is 13.2. The molecule has 1 aromatic carbocycles. The number of rotatable bonds is 1. The van der Waals surface area contributed by atoms with Crippen LogP contribution < -0.4 is 9.47 Å². The van der Waals surface area contributed by atoms with E-state index >= 15 is 0 Å². The largest absolute Gasteiger partial charge is 0.486 e. The van der Waals surface area contributed by atoms with Crippen LogP contribution in [0.3, 0.4) is 0 Å². The number of alkyl halides is 2. The monoisotopic (exact) mass is 278 g/mol. The second-order valence-corrected chi connectivity index (χ2v) is 4.22. The second-order valence-electron chi connectivity index (χ2n) is 3.36. The first kappa shape index (κ1) is 10.7. The van der Waals surface area contributed by atoms with Gasteiger partial charge in [0.15, 0.2) is 11.5 Å². The molecule has 0 spiro atoms. The molecule has 0 unspecified atom stereocenters. The molecule has 2 nitrogen and oxygen atoms in total. The van der Waals surface area contributed by atoms with Crippen molar-refractivity contribution in [3.63, 3.8) is 0 Å². The van der Waals surface area contributed by atoms with Crippen molar-refractivity contribution in [2.75, 3.05) is 13.2 Å². The Balaban J connectivity index is 2.50. The number of benzene rings is 1. The fourth-order valence-electron chi connectivity index (χ4n) is 1.40. The number of hydrogen-bond donors (Lipinski definition) is 0. The van der Waals surface area contributed by atoms with Crippen molar-refractivity contribution in [3.05, 3.63) is 22.2 Å². The Labute approximate surface area is 94.3 Å². The summed E-state index contributed by atoms with van der Waals surface area (Å²) >= 11 is 3.10. The lowest BCUT2D eigenvalue weighted by Crippen LogP contribution is -2.17. The summed E-state index contributed by atoms with van der Waals surface area (Å²) in [5.74, 6) is -2.02. The van der Waals surface area contributed by atoms with Crippen LogP contribution in [0.5, 0.6) is 11.5 Å². The number of fused-ring (bicyclic) bond motifs is 1. The summed E-state index contributed by atoms with van der Waals surface area (Å²) in [7, 11) is 0. The van der Waals surface area contributed by atoms with Crippen LogP contribution in [0.4, 0.5) is 8.78 Å². The zero-order chi connectivity index (χ0) is 11.1. The summed E-state index contributed by atoms with van der Waals surface area (Å²) in [5, 5.41) is 0. The van der Waals surface area contributed by atoms with E-state index in [9.17, 15) is 8.78 Å². The Hall–Kier alpha value is -0.840. The molecular weight excluding hydrogens is 270 g/mol. The van der Waals surface area contributed by atoms with Crippen molar-refractivity contribution in [2.24, 2.45) is 0 Å². The molecule has 15 heavy (non-hydrogen) atoms. The third-order valence-electron chi connectivity index (χ3n) is 2.10. The Kier molecular flexibility index (Phi) is 2.58. The average molecular weight is 279 g/mol. The van der Waals surface area contributed by atoms with Gasteiger partial charge < -0.3 is 9.47 Å². The molecule has 1 aliphatic heterocycles. The first-order valence-corrected chi connectivity index (χ1v) is 5.25. The average Bonchev–Trinajstić information content (AvgIpc) is 2.15. The van der Waals surface area contributed by atoms with Crippen molar-refractivity contribution < 1.29 is 18.3 Å². The van der Waals surface area contributed by atoms with Crippen molar-refractivity contribution in [2.45, 2.75) is 12.8 Å². The zero-order valence-corrected chi connectivity index (χ0v) is 9.61. The lowest BCUT2D eigenvalue weighted by Gasteiger charge is -2.21. The summed E-state index contributed by atoms with van der Waals surface area (Å²) in [6.45, 7) is 1.69. The maximum Gasteiger partial charge on any atom is 0.271 e. The molecule has 5 heteroatoms. The van der Waals surface area contributed by atoms with Gasteiger partial charge in [0.05, 0.1) is 0 Å². The Morgan fingerprint density at radius 2 is 1.73 bits per heavy atom. The van der Waals surface area contributed by atoms with E-state index in [4.69, 9.17) is 9.47 Å². The molecule has 0 atom stereocenters. The summed E-state index contributed by atoms with van der Waals surface area (Å²) in [6, 6.07) is 2.83. The van der Waals surface area contributed by atoms with E-state index in [0.717, 1.165) is 6.92 Å². The molecule has 0 saturated carbocycles. The highest BCUT2D eigenvalue weighted by Crippen LogP contribution is 2.41. The third-order valence-corrected chi connectivity index (χ3v) is 2.76. The van der Waals surface area contributed by atoms with Gasteiger partial charge >= 0.3 is 0 Å². The van der Waals surface area contributed by atoms with Crippen molar-refractivity contribution >= 4 is 15.9 Å². The van der Waals surface area contributed by atoms with Crippen LogP contribution in [0.1, 0.15) is 12.5 Å². The highest BCUT2D eigenvalue weighted by atomic mass is 79.9. The van der Waals surface area contributed by atoms with Gasteiger partial charge in [-0.3, -0.25) is 0 Å². The van der Waals surface area contributed by atoms with Gasteiger partial charge in [0.25, 0.3) is 5.92 Å². The van der Waals surface area contributed by atoms with Crippen LogP contribution in [-0.4, -0.2) is 13.2 Å². The predicted octanol–water partition coefficient (Wildman–Crippen LogP) is 3.33. The number of ether oxygens (including phenoxy) is 2. The van der Waals surface area contributed by atoms with E-state index in [1.165, 1.54) is 12.1 Å². The van der Waals surface area contributed by atoms with E-state index in [1.54, 1.807) is 0 Å². The van der Waals surface area contributed by atoms with Gasteiger partial charge in [-0.25, -0.2) is 8.78 Å². The van der Waals surface area contributed by atoms with E-state index in [1.807, 2.05) is 0 Å². The summed E-state index contributed by atoms with van der Waals surface area (Å²) < 4.78 is 37.2. The summed E-state index contributed by atoms with van der Waals surface area (Å²) in [5.41, 5.74) is -0.0910. The van der Waals surface area contributed by atoms with Crippen LogP contribution in [0.25, 0.3) is 0 Å². The molecule has 0 aliphatic carbocycles. The van der Waals surface area contributed by atoms with Gasteiger partial charge in [-0.15, -0.1) is 0 Å². The first-order valence-electron chi connectivity index (χ1n) is 4.46. The van der Waals surface area contributed by atoms with Crippen LogP contribution in [0.15, 0.2) is 16.6 Å². The lowest BCUT2D eigenvalue weighted by molar-refractivity contribution is 0.0161. The molecule has 0 radical (unpaired) electrons. The Morgan fingerprint density at radius 1 is 1.20 bits per heavy atom. The van der Waals surface area contributed by atoms with E-state index < -0.39 is 5.92 Å². The fraction of sp³-hybridized carbons (Fsp3) is 0.400. The first-order chi connectivity index (χ1) is 6.98. The fourth-order valence-corrected chi connectivity index (χ4v) is 2.07. The molecule has 1 aliphatic rings. The minimum absolute atomic E-state index is 0.0910. The molecule has 2 rings (SSSR count). The van der Waals surface area contributed by atoms with Crippen LogP contribution in [-0.2, 0) is 5.92 Å². The van der Waals surface area contributed by atoms with E-state index in [2.05, 4.69) is 15.9 Å². The Bertz CT molecular complexity index is 388.